The molecular weight excluding hydrogens is 392 g/mol. The van der Waals surface area contributed by atoms with Gasteiger partial charge in [-0.05, 0) is 31.4 Å². The van der Waals surface area contributed by atoms with Crippen molar-refractivity contribution in [1.82, 2.24) is 14.6 Å². The van der Waals surface area contributed by atoms with Gasteiger partial charge in [-0.15, -0.1) is 0 Å². The van der Waals surface area contributed by atoms with Crippen LogP contribution < -0.4 is 5.73 Å². The summed E-state index contributed by atoms with van der Waals surface area (Å²) in [6.07, 6.45) is -2.02. The van der Waals surface area contributed by atoms with Gasteiger partial charge in [0.15, 0.2) is 18.2 Å². The first-order valence-corrected chi connectivity index (χ1v) is 10.1. The van der Waals surface area contributed by atoms with E-state index in [4.69, 9.17) is 19.9 Å². The molecule has 1 unspecified atom stereocenters. The van der Waals surface area contributed by atoms with Crippen LogP contribution in [-0.4, -0.2) is 62.0 Å². The van der Waals surface area contributed by atoms with Crippen LogP contribution in [0.3, 0.4) is 0 Å². The number of nitrogens with zero attached hydrogens (tertiary/aromatic N) is 3. The molecule has 10 heteroatoms. The first kappa shape index (κ1) is 22.4. The lowest BCUT2D eigenvalue weighted by Gasteiger charge is -2.27. The Hall–Kier alpha value is -2.27. The topological polar surface area (TPSA) is 141 Å². The van der Waals surface area contributed by atoms with Gasteiger partial charge in [-0.3, -0.25) is 4.79 Å². The Labute approximate surface area is 174 Å². The Balaban J connectivity index is 1.92. The van der Waals surface area contributed by atoms with Gasteiger partial charge >= 0.3 is 5.97 Å². The molecule has 1 aliphatic rings. The Kier molecular flexibility index (Phi) is 6.61. The number of rotatable bonds is 8. The molecule has 1 saturated heterocycles. The molecule has 2 aromatic heterocycles. The van der Waals surface area contributed by atoms with Gasteiger partial charge in [-0.1, -0.05) is 20.8 Å². The highest BCUT2D eigenvalue weighted by Crippen LogP contribution is 2.42. The molecule has 0 bridgehead atoms. The molecule has 0 spiro atoms. The Morgan fingerprint density at radius 1 is 1.43 bits per heavy atom. The number of hydrogen-bond donors (Lipinski definition) is 3. The summed E-state index contributed by atoms with van der Waals surface area (Å²) < 4.78 is 18.7. The quantitative estimate of drug-likeness (QED) is 0.419. The van der Waals surface area contributed by atoms with Crippen molar-refractivity contribution in [3.63, 3.8) is 0 Å². The SMILES string of the molecule is CCC(O)OC[C@H]1O[C@@](C)(c2ccc3c(N)ncnn23)[C@H](O)[C@@H]1OC(=O)CC(C)C. The third kappa shape index (κ3) is 4.27. The number of nitrogen functional groups attached to an aromatic ring is 1. The monoisotopic (exact) mass is 422 g/mol. The van der Waals surface area contributed by atoms with Crippen LogP contribution in [0.15, 0.2) is 18.5 Å². The second-order valence-electron chi connectivity index (χ2n) is 8.12. The smallest absolute Gasteiger partial charge is 0.306 e. The van der Waals surface area contributed by atoms with E-state index in [1.54, 1.807) is 30.5 Å². The lowest BCUT2D eigenvalue weighted by molar-refractivity contribution is -0.167. The number of esters is 1. The molecule has 10 nitrogen and oxygen atoms in total. The third-order valence-corrected chi connectivity index (χ3v) is 5.27. The highest BCUT2D eigenvalue weighted by Gasteiger charge is 2.56. The van der Waals surface area contributed by atoms with Crippen molar-refractivity contribution in [3.8, 4) is 0 Å². The van der Waals surface area contributed by atoms with Crippen LogP contribution in [-0.2, 0) is 24.6 Å². The van der Waals surface area contributed by atoms with Gasteiger partial charge in [0.1, 0.15) is 29.7 Å². The molecule has 1 fully saturated rings. The van der Waals surface area contributed by atoms with E-state index in [2.05, 4.69) is 10.1 Å². The summed E-state index contributed by atoms with van der Waals surface area (Å²) in [4.78, 5) is 16.3. The minimum Gasteiger partial charge on any atom is -0.457 e. The van der Waals surface area contributed by atoms with Crippen molar-refractivity contribution in [2.45, 2.75) is 70.7 Å². The Bertz CT molecular complexity index is 887. The maximum atomic E-state index is 12.3. The molecule has 166 valence electrons. The number of carbonyl (C=O) groups excluding carboxylic acids is 1. The van der Waals surface area contributed by atoms with Gasteiger partial charge in [0.25, 0.3) is 0 Å². The summed E-state index contributed by atoms with van der Waals surface area (Å²) in [7, 11) is 0. The highest BCUT2D eigenvalue weighted by atomic mass is 16.6. The third-order valence-electron chi connectivity index (χ3n) is 5.27. The van der Waals surface area contributed by atoms with Crippen LogP contribution in [0.25, 0.3) is 5.52 Å². The van der Waals surface area contributed by atoms with Gasteiger partial charge < -0.3 is 30.2 Å². The van der Waals surface area contributed by atoms with Gasteiger partial charge in [-0.25, -0.2) is 9.50 Å². The fourth-order valence-corrected chi connectivity index (χ4v) is 3.63. The van der Waals surface area contributed by atoms with E-state index < -0.39 is 36.2 Å². The molecule has 3 heterocycles. The second-order valence-corrected chi connectivity index (χ2v) is 8.12. The molecule has 2 aromatic rings. The van der Waals surface area contributed by atoms with E-state index >= 15 is 0 Å². The van der Waals surface area contributed by atoms with Crippen molar-refractivity contribution in [1.29, 1.82) is 0 Å². The van der Waals surface area contributed by atoms with Gasteiger partial charge in [0, 0.05) is 6.42 Å². The van der Waals surface area contributed by atoms with E-state index in [0.717, 1.165) is 0 Å². The molecule has 1 aliphatic heterocycles. The standard InChI is InChI=1S/C20H30N4O6/c1-5-15(25)28-9-13-17(29-16(26)8-11(2)3)18(27)20(4,30-13)14-7-6-12-19(21)22-10-23-24(12)14/h6-7,10-11,13,15,17-18,25,27H,5,8-9H2,1-4H3,(H2,21,22,23)/t13-,15?,17-,18-,20+/m1/s1. The number of anilines is 1. The van der Waals surface area contributed by atoms with Crippen LogP contribution in [0.1, 0.15) is 46.2 Å². The summed E-state index contributed by atoms with van der Waals surface area (Å²) in [5.41, 5.74) is 5.75. The average Bonchev–Trinajstić information content (AvgIpc) is 3.22. The predicted molar refractivity (Wildman–Crippen MR) is 107 cm³/mol. The summed E-state index contributed by atoms with van der Waals surface area (Å²) in [5, 5.41) is 25.2. The molecular formula is C20H30N4O6. The van der Waals surface area contributed by atoms with Crippen LogP contribution in [0.2, 0.25) is 0 Å². The van der Waals surface area contributed by atoms with E-state index in [0.29, 0.717) is 17.6 Å². The maximum absolute atomic E-state index is 12.3. The Morgan fingerprint density at radius 2 is 2.17 bits per heavy atom. The minimum atomic E-state index is -1.26. The molecule has 0 radical (unpaired) electrons. The van der Waals surface area contributed by atoms with E-state index in [9.17, 15) is 15.0 Å². The zero-order valence-corrected chi connectivity index (χ0v) is 17.7. The molecule has 5 atom stereocenters. The zero-order valence-electron chi connectivity index (χ0n) is 17.7. The number of aliphatic hydroxyl groups is 2. The fraction of sp³-hybridized carbons (Fsp3) is 0.650. The molecule has 0 aliphatic carbocycles. The summed E-state index contributed by atoms with van der Waals surface area (Å²) in [6.45, 7) is 7.22. The van der Waals surface area contributed by atoms with Crippen molar-refractivity contribution < 1.29 is 29.2 Å². The largest absolute Gasteiger partial charge is 0.457 e. The first-order valence-electron chi connectivity index (χ1n) is 10.1. The first-order chi connectivity index (χ1) is 14.2. The van der Waals surface area contributed by atoms with Crippen LogP contribution in [0, 0.1) is 5.92 Å². The number of fused-ring (bicyclic) bond motifs is 1. The number of nitrogens with two attached hydrogens (primary N) is 1. The van der Waals surface area contributed by atoms with Gasteiger partial charge in [0.05, 0.1) is 12.3 Å². The molecule has 3 rings (SSSR count). The normalized spacial score (nSPS) is 27.6. The van der Waals surface area contributed by atoms with Gasteiger partial charge in [0.2, 0.25) is 0 Å². The Morgan fingerprint density at radius 3 is 2.83 bits per heavy atom. The lowest BCUT2D eigenvalue weighted by atomic mass is 9.93. The van der Waals surface area contributed by atoms with Crippen LogP contribution >= 0.6 is 0 Å². The average molecular weight is 422 g/mol. The molecule has 30 heavy (non-hydrogen) atoms. The van der Waals surface area contributed by atoms with Gasteiger partial charge in [-0.2, -0.15) is 5.10 Å². The van der Waals surface area contributed by atoms with E-state index in [-0.39, 0.29) is 24.8 Å². The van der Waals surface area contributed by atoms with Crippen LogP contribution in [0.5, 0.6) is 0 Å². The van der Waals surface area contributed by atoms with Crippen molar-refractivity contribution >= 4 is 17.3 Å². The predicted octanol–water partition coefficient (Wildman–Crippen LogP) is 0.989. The van der Waals surface area contributed by atoms with Crippen molar-refractivity contribution in [2.75, 3.05) is 12.3 Å². The number of hydrogen-bond acceptors (Lipinski definition) is 9. The lowest BCUT2D eigenvalue weighted by Crippen LogP contribution is -2.42. The zero-order chi connectivity index (χ0) is 22.1. The second kappa shape index (κ2) is 8.84. The number of aromatic nitrogens is 3. The summed E-state index contributed by atoms with van der Waals surface area (Å²) >= 11 is 0. The summed E-state index contributed by atoms with van der Waals surface area (Å²) in [5.74, 6) is -0.0399. The molecule has 0 saturated carbocycles. The number of carbonyl (C=O) groups is 1. The number of ether oxygens (including phenoxy) is 3. The summed E-state index contributed by atoms with van der Waals surface area (Å²) in [6, 6.07) is 3.47. The van der Waals surface area contributed by atoms with Crippen molar-refractivity contribution in [3.05, 3.63) is 24.2 Å². The molecule has 0 amide bonds. The molecule has 4 N–H and O–H groups in total. The molecule has 0 aromatic carbocycles. The maximum Gasteiger partial charge on any atom is 0.306 e. The van der Waals surface area contributed by atoms with Crippen molar-refractivity contribution in [2.24, 2.45) is 5.92 Å². The highest BCUT2D eigenvalue weighted by molar-refractivity contribution is 5.70. The van der Waals surface area contributed by atoms with E-state index in [1.807, 2.05) is 13.8 Å². The fourth-order valence-electron chi connectivity index (χ4n) is 3.63. The van der Waals surface area contributed by atoms with Crippen LogP contribution in [0.4, 0.5) is 5.82 Å². The number of aliphatic hydroxyl groups excluding tert-OH is 2. The van der Waals surface area contributed by atoms with E-state index in [1.165, 1.54) is 6.33 Å². The minimum absolute atomic E-state index is 0.0539.